The fourth-order valence-corrected chi connectivity index (χ4v) is 2.29. The number of rotatable bonds is 5. The Morgan fingerprint density at radius 3 is 2.72 bits per heavy atom. The minimum absolute atomic E-state index is 0.0160. The highest BCUT2D eigenvalue weighted by Crippen LogP contribution is 2.34. The SMILES string of the molecule is Cc1nc([N+](=O)[O-])c(N(CCO)C2CCC2)n1C. The van der Waals surface area contributed by atoms with Gasteiger partial charge in [0, 0.05) is 26.6 Å². The lowest BCUT2D eigenvalue weighted by atomic mass is 9.91. The van der Waals surface area contributed by atoms with Crippen molar-refractivity contribution in [2.75, 3.05) is 18.1 Å². The number of aliphatic hydroxyl groups excluding tert-OH is 1. The summed E-state index contributed by atoms with van der Waals surface area (Å²) >= 11 is 0. The Morgan fingerprint density at radius 2 is 2.28 bits per heavy atom. The highest BCUT2D eigenvalue weighted by molar-refractivity contribution is 5.57. The number of hydrogen-bond acceptors (Lipinski definition) is 5. The zero-order chi connectivity index (χ0) is 13.3. The number of aliphatic hydroxyl groups is 1. The first-order chi connectivity index (χ1) is 8.56. The molecule has 0 atom stereocenters. The highest BCUT2D eigenvalue weighted by Gasteiger charge is 2.34. The second-order valence-electron chi connectivity index (χ2n) is 4.62. The van der Waals surface area contributed by atoms with Gasteiger partial charge in [-0.05, 0) is 29.2 Å². The number of aromatic nitrogens is 2. The first-order valence-corrected chi connectivity index (χ1v) is 6.11. The molecule has 1 saturated carbocycles. The lowest BCUT2D eigenvalue weighted by molar-refractivity contribution is -0.388. The van der Waals surface area contributed by atoms with Crippen LogP contribution in [0.5, 0.6) is 0 Å². The quantitative estimate of drug-likeness (QED) is 0.625. The maximum absolute atomic E-state index is 11.1. The zero-order valence-electron chi connectivity index (χ0n) is 10.7. The van der Waals surface area contributed by atoms with Crippen LogP contribution in [0, 0.1) is 17.0 Å². The number of aryl methyl sites for hydroxylation is 1. The molecular formula is C11H18N4O3. The van der Waals surface area contributed by atoms with Crippen LogP contribution in [0.3, 0.4) is 0 Å². The van der Waals surface area contributed by atoms with Gasteiger partial charge in [0.05, 0.1) is 6.61 Å². The molecule has 7 nitrogen and oxygen atoms in total. The first kappa shape index (κ1) is 12.8. The predicted molar refractivity (Wildman–Crippen MR) is 66.7 cm³/mol. The Hall–Kier alpha value is -1.63. The summed E-state index contributed by atoms with van der Waals surface area (Å²) in [5.41, 5.74) is 0. The van der Waals surface area contributed by atoms with Gasteiger partial charge in [-0.3, -0.25) is 4.57 Å². The molecule has 0 unspecified atom stereocenters. The molecule has 0 amide bonds. The summed E-state index contributed by atoms with van der Waals surface area (Å²) in [6, 6.07) is 0.283. The monoisotopic (exact) mass is 254 g/mol. The van der Waals surface area contributed by atoms with E-state index >= 15 is 0 Å². The van der Waals surface area contributed by atoms with E-state index in [0.29, 0.717) is 18.2 Å². The summed E-state index contributed by atoms with van der Waals surface area (Å²) in [5, 5.41) is 20.2. The second-order valence-corrected chi connectivity index (χ2v) is 4.62. The summed E-state index contributed by atoms with van der Waals surface area (Å²) in [4.78, 5) is 16.5. The minimum Gasteiger partial charge on any atom is -0.395 e. The van der Waals surface area contributed by atoms with Gasteiger partial charge in [-0.1, -0.05) is 0 Å². The van der Waals surface area contributed by atoms with Crippen LogP contribution in [0.15, 0.2) is 0 Å². The Labute approximate surface area is 105 Å². The molecule has 0 spiro atoms. The fraction of sp³-hybridized carbons (Fsp3) is 0.727. The van der Waals surface area contributed by atoms with Crippen LogP contribution in [-0.2, 0) is 7.05 Å². The first-order valence-electron chi connectivity index (χ1n) is 6.11. The van der Waals surface area contributed by atoms with Crippen LogP contribution < -0.4 is 4.90 Å². The predicted octanol–water partition coefficient (Wildman–Crippen LogP) is 0.988. The van der Waals surface area contributed by atoms with Crippen molar-refractivity contribution < 1.29 is 10.0 Å². The molecule has 0 saturated heterocycles. The third-order valence-electron chi connectivity index (χ3n) is 3.57. The van der Waals surface area contributed by atoms with Crippen LogP contribution in [0.2, 0.25) is 0 Å². The Morgan fingerprint density at radius 1 is 1.61 bits per heavy atom. The average molecular weight is 254 g/mol. The van der Waals surface area contributed by atoms with Gasteiger partial charge in [0.25, 0.3) is 0 Å². The molecule has 100 valence electrons. The largest absolute Gasteiger partial charge is 0.406 e. The van der Waals surface area contributed by atoms with Crippen molar-refractivity contribution in [3.05, 3.63) is 15.9 Å². The second kappa shape index (κ2) is 4.93. The van der Waals surface area contributed by atoms with Crippen molar-refractivity contribution in [3.63, 3.8) is 0 Å². The van der Waals surface area contributed by atoms with Crippen LogP contribution in [0.25, 0.3) is 0 Å². The van der Waals surface area contributed by atoms with Gasteiger partial charge in [-0.25, -0.2) is 0 Å². The summed E-state index contributed by atoms with van der Waals surface area (Å²) < 4.78 is 1.73. The van der Waals surface area contributed by atoms with E-state index in [4.69, 9.17) is 5.11 Å². The van der Waals surface area contributed by atoms with E-state index in [2.05, 4.69) is 4.98 Å². The van der Waals surface area contributed by atoms with E-state index in [-0.39, 0.29) is 18.5 Å². The van der Waals surface area contributed by atoms with E-state index in [1.807, 2.05) is 4.90 Å². The molecule has 1 fully saturated rings. The topological polar surface area (TPSA) is 84.4 Å². The van der Waals surface area contributed by atoms with E-state index in [9.17, 15) is 10.1 Å². The fourth-order valence-electron chi connectivity index (χ4n) is 2.29. The van der Waals surface area contributed by atoms with Gasteiger partial charge in [0.1, 0.15) is 0 Å². The molecule has 1 aliphatic carbocycles. The molecule has 0 aliphatic heterocycles. The zero-order valence-corrected chi connectivity index (χ0v) is 10.7. The summed E-state index contributed by atoms with van der Waals surface area (Å²) in [5.74, 6) is 1.01. The number of imidazole rings is 1. The standard InChI is InChI=1S/C11H18N4O3/c1-8-12-10(15(17)18)11(13(8)2)14(6-7-16)9-4-3-5-9/h9,16H,3-7H2,1-2H3. The minimum atomic E-state index is -0.453. The lowest BCUT2D eigenvalue weighted by Crippen LogP contribution is -2.43. The van der Waals surface area contributed by atoms with Gasteiger partial charge >= 0.3 is 5.82 Å². The lowest BCUT2D eigenvalue weighted by Gasteiger charge is -2.38. The molecule has 1 aliphatic rings. The van der Waals surface area contributed by atoms with E-state index < -0.39 is 4.92 Å². The Kier molecular flexibility index (Phi) is 3.51. The van der Waals surface area contributed by atoms with Gasteiger partial charge in [-0.2, -0.15) is 0 Å². The molecule has 0 radical (unpaired) electrons. The summed E-state index contributed by atoms with van der Waals surface area (Å²) in [6.45, 7) is 2.14. The van der Waals surface area contributed by atoms with Crippen molar-refractivity contribution in [2.45, 2.75) is 32.2 Å². The Balaban J connectivity index is 2.41. The summed E-state index contributed by atoms with van der Waals surface area (Å²) in [7, 11) is 1.77. The average Bonchev–Trinajstić information content (AvgIpc) is 2.53. The van der Waals surface area contributed by atoms with Crippen molar-refractivity contribution in [3.8, 4) is 0 Å². The van der Waals surface area contributed by atoms with Gasteiger partial charge < -0.3 is 20.1 Å². The van der Waals surface area contributed by atoms with Gasteiger partial charge in [-0.15, -0.1) is 0 Å². The van der Waals surface area contributed by atoms with Crippen molar-refractivity contribution >= 4 is 11.6 Å². The summed E-state index contributed by atoms with van der Waals surface area (Å²) in [6.07, 6.45) is 3.17. The van der Waals surface area contributed by atoms with Crippen molar-refractivity contribution in [1.82, 2.24) is 9.55 Å². The number of anilines is 1. The maximum atomic E-state index is 11.1. The Bertz CT molecular complexity index is 453. The smallest absolute Gasteiger partial charge is 0.395 e. The molecule has 1 heterocycles. The van der Waals surface area contributed by atoms with Crippen LogP contribution in [0.4, 0.5) is 11.6 Å². The normalized spacial score (nSPS) is 15.5. The maximum Gasteiger partial charge on any atom is 0.406 e. The van der Waals surface area contributed by atoms with Crippen molar-refractivity contribution in [1.29, 1.82) is 0 Å². The number of hydrogen-bond donors (Lipinski definition) is 1. The molecule has 1 aromatic rings. The van der Waals surface area contributed by atoms with Gasteiger partial charge in [0.2, 0.25) is 11.6 Å². The molecule has 0 bridgehead atoms. The van der Waals surface area contributed by atoms with E-state index in [0.717, 1.165) is 19.3 Å². The molecule has 18 heavy (non-hydrogen) atoms. The van der Waals surface area contributed by atoms with Crippen LogP contribution >= 0.6 is 0 Å². The number of nitro groups is 1. The molecular weight excluding hydrogens is 236 g/mol. The third-order valence-corrected chi connectivity index (χ3v) is 3.57. The molecule has 2 rings (SSSR count). The van der Waals surface area contributed by atoms with Crippen LogP contribution in [-0.4, -0.2) is 38.8 Å². The molecule has 7 heteroatoms. The van der Waals surface area contributed by atoms with Gasteiger partial charge in [0.15, 0.2) is 0 Å². The third kappa shape index (κ3) is 2.05. The molecule has 0 aromatic carbocycles. The molecule has 1 N–H and O–H groups in total. The van der Waals surface area contributed by atoms with E-state index in [1.165, 1.54) is 0 Å². The molecule has 1 aromatic heterocycles. The van der Waals surface area contributed by atoms with E-state index in [1.54, 1.807) is 18.5 Å². The van der Waals surface area contributed by atoms with Crippen molar-refractivity contribution in [2.24, 2.45) is 7.05 Å². The van der Waals surface area contributed by atoms with Crippen LogP contribution in [0.1, 0.15) is 25.1 Å². The highest BCUT2D eigenvalue weighted by atomic mass is 16.6. The number of nitrogens with zero attached hydrogens (tertiary/aromatic N) is 4.